The van der Waals surface area contributed by atoms with Crippen molar-refractivity contribution in [1.29, 1.82) is 0 Å². The summed E-state index contributed by atoms with van der Waals surface area (Å²) >= 11 is 5.96. The molecule has 24 heavy (non-hydrogen) atoms. The molecule has 7 heteroatoms. The molecule has 0 fully saturated rings. The lowest BCUT2D eigenvalue weighted by atomic mass is 10.2. The molecule has 0 aliphatic rings. The lowest BCUT2D eigenvalue weighted by Crippen LogP contribution is -1.78. The Kier molecular flexibility index (Phi) is 3.39. The number of rotatable bonds is 2. The standard InChI is InChI=1S/C17H10ClFN4O/c18-9-4-5-10-13(6-7-20-14(10)8-9)22-23-16-11-2-1-3-12(19)15(11)21-17(16)24/h1-8,21,24H. The van der Waals surface area contributed by atoms with E-state index in [1.807, 2.05) is 0 Å². The Balaban J connectivity index is 1.84. The van der Waals surface area contributed by atoms with Crippen LogP contribution >= 0.6 is 11.6 Å². The number of pyridine rings is 1. The Morgan fingerprint density at radius 3 is 2.83 bits per heavy atom. The lowest BCUT2D eigenvalue weighted by molar-refractivity contribution is 0.459. The van der Waals surface area contributed by atoms with Crippen LogP contribution in [0.4, 0.5) is 15.8 Å². The van der Waals surface area contributed by atoms with E-state index in [0.29, 0.717) is 21.6 Å². The van der Waals surface area contributed by atoms with E-state index in [9.17, 15) is 9.50 Å². The number of H-pyrrole nitrogens is 1. The first-order chi connectivity index (χ1) is 11.6. The van der Waals surface area contributed by atoms with Gasteiger partial charge in [-0.25, -0.2) is 4.39 Å². The molecule has 0 amide bonds. The van der Waals surface area contributed by atoms with Crippen LogP contribution in [0.3, 0.4) is 0 Å². The number of halogens is 2. The highest BCUT2D eigenvalue weighted by atomic mass is 35.5. The third-order valence-electron chi connectivity index (χ3n) is 3.68. The van der Waals surface area contributed by atoms with E-state index in [0.717, 1.165) is 5.39 Å². The first-order valence-corrected chi connectivity index (χ1v) is 7.46. The first-order valence-electron chi connectivity index (χ1n) is 7.08. The number of benzene rings is 2. The molecule has 0 bridgehead atoms. The highest BCUT2D eigenvalue weighted by molar-refractivity contribution is 6.31. The topological polar surface area (TPSA) is 73.6 Å². The summed E-state index contributed by atoms with van der Waals surface area (Å²) in [6.07, 6.45) is 1.60. The van der Waals surface area contributed by atoms with Crippen LogP contribution in [0, 0.1) is 5.82 Å². The van der Waals surface area contributed by atoms with Crippen molar-refractivity contribution in [2.24, 2.45) is 10.2 Å². The maximum Gasteiger partial charge on any atom is 0.218 e. The van der Waals surface area contributed by atoms with Crippen molar-refractivity contribution < 1.29 is 9.50 Å². The zero-order chi connectivity index (χ0) is 16.7. The van der Waals surface area contributed by atoms with Crippen molar-refractivity contribution in [2.45, 2.75) is 0 Å². The molecule has 5 nitrogen and oxygen atoms in total. The summed E-state index contributed by atoms with van der Waals surface area (Å²) in [4.78, 5) is 6.81. The molecule has 2 heterocycles. The third-order valence-corrected chi connectivity index (χ3v) is 3.91. The maximum absolute atomic E-state index is 13.8. The van der Waals surface area contributed by atoms with Crippen LogP contribution in [0.15, 0.2) is 58.9 Å². The molecule has 0 unspecified atom stereocenters. The summed E-state index contributed by atoms with van der Waals surface area (Å²) in [5.74, 6) is -0.700. The zero-order valence-electron chi connectivity index (χ0n) is 12.2. The average molecular weight is 341 g/mol. The highest BCUT2D eigenvalue weighted by Gasteiger charge is 2.13. The number of aromatic amines is 1. The van der Waals surface area contributed by atoms with Gasteiger partial charge >= 0.3 is 0 Å². The van der Waals surface area contributed by atoms with Gasteiger partial charge in [-0.05, 0) is 30.3 Å². The molecule has 0 aliphatic heterocycles. The first kappa shape index (κ1) is 14.6. The van der Waals surface area contributed by atoms with E-state index >= 15 is 0 Å². The minimum Gasteiger partial charge on any atom is -0.493 e. The zero-order valence-corrected chi connectivity index (χ0v) is 12.9. The summed E-state index contributed by atoms with van der Waals surface area (Å²) in [7, 11) is 0. The van der Waals surface area contributed by atoms with E-state index in [1.54, 1.807) is 42.6 Å². The average Bonchev–Trinajstić information content (AvgIpc) is 2.89. The van der Waals surface area contributed by atoms with Crippen molar-refractivity contribution in [3.8, 4) is 5.88 Å². The van der Waals surface area contributed by atoms with Gasteiger partial charge in [0.05, 0.1) is 16.7 Å². The van der Waals surface area contributed by atoms with Crippen LogP contribution in [0.25, 0.3) is 21.8 Å². The van der Waals surface area contributed by atoms with Gasteiger partial charge in [0.1, 0.15) is 5.82 Å². The second-order valence-electron chi connectivity index (χ2n) is 5.18. The summed E-state index contributed by atoms with van der Waals surface area (Å²) in [5, 5.41) is 20.1. The molecule has 0 saturated carbocycles. The number of nitrogens with one attached hydrogen (secondary N) is 1. The van der Waals surface area contributed by atoms with Crippen LogP contribution in [0.5, 0.6) is 5.88 Å². The van der Waals surface area contributed by atoms with Crippen molar-refractivity contribution in [2.75, 3.05) is 0 Å². The van der Waals surface area contributed by atoms with Gasteiger partial charge in [-0.1, -0.05) is 23.7 Å². The van der Waals surface area contributed by atoms with E-state index in [1.165, 1.54) is 6.07 Å². The molecule has 2 N–H and O–H groups in total. The van der Waals surface area contributed by atoms with Crippen LogP contribution in [-0.4, -0.2) is 15.1 Å². The predicted octanol–water partition coefficient (Wildman–Crippen LogP) is 5.63. The quantitative estimate of drug-likeness (QED) is 0.464. The monoisotopic (exact) mass is 340 g/mol. The van der Waals surface area contributed by atoms with Gasteiger partial charge in [-0.2, -0.15) is 0 Å². The number of para-hydroxylation sites is 1. The van der Waals surface area contributed by atoms with E-state index in [2.05, 4.69) is 20.2 Å². The van der Waals surface area contributed by atoms with Crippen LogP contribution in [0.2, 0.25) is 5.02 Å². The minimum absolute atomic E-state index is 0.184. The van der Waals surface area contributed by atoms with Crippen LogP contribution in [0.1, 0.15) is 0 Å². The molecule has 0 saturated heterocycles. The molecule has 0 aliphatic carbocycles. The Bertz CT molecular complexity index is 1110. The lowest BCUT2D eigenvalue weighted by Gasteiger charge is -2.00. The van der Waals surface area contributed by atoms with Gasteiger partial charge < -0.3 is 10.1 Å². The van der Waals surface area contributed by atoms with Crippen LogP contribution in [-0.2, 0) is 0 Å². The normalized spacial score (nSPS) is 11.8. The second-order valence-corrected chi connectivity index (χ2v) is 5.61. The number of aromatic hydroxyl groups is 1. The van der Waals surface area contributed by atoms with Gasteiger partial charge in [0.2, 0.25) is 5.88 Å². The van der Waals surface area contributed by atoms with Gasteiger partial charge in [0, 0.05) is 22.0 Å². The Hall–Kier alpha value is -2.99. The fourth-order valence-corrected chi connectivity index (χ4v) is 2.72. The number of azo groups is 1. The van der Waals surface area contributed by atoms with Gasteiger partial charge in [0.15, 0.2) is 5.69 Å². The van der Waals surface area contributed by atoms with E-state index in [4.69, 9.17) is 11.6 Å². The van der Waals surface area contributed by atoms with Crippen LogP contribution < -0.4 is 0 Å². The summed E-state index contributed by atoms with van der Waals surface area (Å²) in [5.41, 5.74) is 1.63. The fraction of sp³-hybridized carbons (Fsp3) is 0. The summed E-state index contributed by atoms with van der Waals surface area (Å²) < 4.78 is 13.8. The third kappa shape index (κ3) is 2.37. The highest BCUT2D eigenvalue weighted by Crippen LogP contribution is 2.37. The van der Waals surface area contributed by atoms with E-state index in [-0.39, 0.29) is 17.1 Å². The maximum atomic E-state index is 13.8. The molecular formula is C17H10ClFN4O. The Morgan fingerprint density at radius 1 is 1.08 bits per heavy atom. The molecular weight excluding hydrogens is 331 g/mol. The summed E-state index contributed by atoms with van der Waals surface area (Å²) in [6.45, 7) is 0. The number of hydrogen-bond acceptors (Lipinski definition) is 4. The number of nitrogens with zero attached hydrogens (tertiary/aromatic N) is 3. The minimum atomic E-state index is -0.465. The van der Waals surface area contributed by atoms with E-state index < -0.39 is 5.82 Å². The predicted molar refractivity (Wildman–Crippen MR) is 90.9 cm³/mol. The number of fused-ring (bicyclic) bond motifs is 2. The van der Waals surface area contributed by atoms with Gasteiger partial charge in [-0.15, -0.1) is 10.2 Å². The molecule has 2 aromatic heterocycles. The van der Waals surface area contributed by atoms with Crippen molar-refractivity contribution in [1.82, 2.24) is 9.97 Å². The SMILES string of the molecule is Oc1[nH]c2c(F)cccc2c1N=Nc1ccnc2cc(Cl)ccc12. The molecule has 4 rings (SSSR count). The Labute approximate surface area is 140 Å². The molecule has 118 valence electrons. The second kappa shape index (κ2) is 5.58. The molecule has 0 atom stereocenters. The van der Waals surface area contributed by atoms with Gasteiger partial charge in [0.25, 0.3) is 0 Å². The molecule has 2 aromatic carbocycles. The molecule has 0 spiro atoms. The Morgan fingerprint density at radius 2 is 1.96 bits per heavy atom. The largest absolute Gasteiger partial charge is 0.493 e. The smallest absolute Gasteiger partial charge is 0.218 e. The van der Waals surface area contributed by atoms with Gasteiger partial charge in [-0.3, -0.25) is 4.98 Å². The number of hydrogen-bond donors (Lipinski definition) is 2. The number of aromatic nitrogens is 2. The summed E-state index contributed by atoms with van der Waals surface area (Å²) in [6, 6.07) is 11.5. The van der Waals surface area contributed by atoms with Crippen molar-refractivity contribution in [3.05, 3.63) is 59.5 Å². The van der Waals surface area contributed by atoms with Crippen molar-refractivity contribution >= 4 is 44.8 Å². The van der Waals surface area contributed by atoms with Crippen molar-refractivity contribution in [3.63, 3.8) is 0 Å². The molecule has 4 aromatic rings. The molecule has 0 radical (unpaired) electrons. The fourth-order valence-electron chi connectivity index (χ4n) is 2.55.